The van der Waals surface area contributed by atoms with E-state index in [1.165, 1.54) is 0 Å². The van der Waals surface area contributed by atoms with E-state index in [2.05, 4.69) is 42.8 Å². The number of fused-ring (bicyclic) bond motifs is 1. The van der Waals surface area contributed by atoms with Gasteiger partial charge in [-0.05, 0) is 63.3 Å². The highest BCUT2D eigenvalue weighted by Crippen LogP contribution is 2.23. The number of aryl methyl sites for hydroxylation is 2. The monoisotopic (exact) mass is 421 g/mol. The molecule has 5 nitrogen and oxygen atoms in total. The summed E-state index contributed by atoms with van der Waals surface area (Å²) >= 11 is 0. The lowest BCUT2D eigenvalue weighted by molar-refractivity contribution is -0.125. The predicted octanol–water partition coefficient (Wildman–Crippen LogP) is 5.82. The number of para-hydroxylation sites is 3. The summed E-state index contributed by atoms with van der Waals surface area (Å²) < 4.78 is 8.19. The highest BCUT2D eigenvalue weighted by Gasteiger charge is 2.21. The fourth-order valence-corrected chi connectivity index (χ4v) is 3.99. The molecule has 3 aromatic rings. The van der Waals surface area contributed by atoms with Crippen molar-refractivity contribution >= 4 is 16.9 Å². The van der Waals surface area contributed by atoms with Crippen molar-refractivity contribution in [3.05, 3.63) is 59.9 Å². The van der Waals surface area contributed by atoms with Crippen LogP contribution in [0, 0.1) is 12.8 Å². The van der Waals surface area contributed by atoms with Gasteiger partial charge in [-0.25, -0.2) is 4.98 Å². The van der Waals surface area contributed by atoms with Gasteiger partial charge in [-0.2, -0.15) is 0 Å². The molecular formula is C26H35N3O2. The summed E-state index contributed by atoms with van der Waals surface area (Å²) in [6.07, 6.45) is 3.64. The fourth-order valence-electron chi connectivity index (χ4n) is 3.99. The van der Waals surface area contributed by atoms with Gasteiger partial charge >= 0.3 is 0 Å². The molecule has 1 aromatic heterocycles. The van der Waals surface area contributed by atoms with Crippen LogP contribution in [0.1, 0.15) is 63.9 Å². The Morgan fingerprint density at radius 3 is 2.52 bits per heavy atom. The van der Waals surface area contributed by atoms with Gasteiger partial charge in [0.25, 0.3) is 0 Å². The number of nitrogens with one attached hydrogen (secondary N) is 1. The molecular weight excluding hydrogens is 386 g/mol. The summed E-state index contributed by atoms with van der Waals surface area (Å²) in [6, 6.07) is 16.2. The molecule has 2 aromatic carbocycles. The second-order valence-corrected chi connectivity index (χ2v) is 8.18. The number of benzene rings is 2. The summed E-state index contributed by atoms with van der Waals surface area (Å²) in [6.45, 7) is 9.75. The van der Waals surface area contributed by atoms with E-state index in [0.717, 1.165) is 60.4 Å². The lowest BCUT2D eigenvalue weighted by atomic mass is 10.0. The number of rotatable bonds is 11. The quantitative estimate of drug-likeness (QED) is 0.397. The van der Waals surface area contributed by atoms with Crippen molar-refractivity contribution in [2.24, 2.45) is 5.92 Å². The smallest absolute Gasteiger partial charge is 0.223 e. The first-order valence-corrected chi connectivity index (χ1v) is 11.5. The van der Waals surface area contributed by atoms with Crippen molar-refractivity contribution in [2.45, 2.75) is 66.0 Å². The Morgan fingerprint density at radius 2 is 1.77 bits per heavy atom. The van der Waals surface area contributed by atoms with Crippen molar-refractivity contribution < 1.29 is 9.53 Å². The molecule has 0 saturated heterocycles. The minimum Gasteiger partial charge on any atom is -0.493 e. The Labute approximate surface area is 185 Å². The molecule has 1 amide bonds. The van der Waals surface area contributed by atoms with Crippen LogP contribution < -0.4 is 10.1 Å². The minimum absolute atomic E-state index is 0.0545. The maximum Gasteiger partial charge on any atom is 0.223 e. The molecule has 0 aliphatic rings. The summed E-state index contributed by atoms with van der Waals surface area (Å²) in [5.74, 6) is 2.04. The molecule has 0 aliphatic carbocycles. The first-order valence-electron chi connectivity index (χ1n) is 11.5. The first kappa shape index (κ1) is 22.9. The normalized spacial score (nSPS) is 12.3. The lowest BCUT2D eigenvalue weighted by Crippen LogP contribution is -2.33. The highest BCUT2D eigenvalue weighted by atomic mass is 16.5. The Morgan fingerprint density at radius 1 is 1.06 bits per heavy atom. The van der Waals surface area contributed by atoms with Crippen LogP contribution in [0.4, 0.5) is 0 Å². The largest absolute Gasteiger partial charge is 0.493 e. The first-order chi connectivity index (χ1) is 15.0. The number of carbonyl (C=O) groups is 1. The molecule has 31 heavy (non-hydrogen) atoms. The molecule has 0 fully saturated rings. The van der Waals surface area contributed by atoms with Crippen molar-refractivity contribution in [1.29, 1.82) is 0 Å². The molecule has 3 rings (SSSR count). The highest BCUT2D eigenvalue weighted by molar-refractivity contribution is 5.79. The number of ether oxygens (including phenoxy) is 1. The molecule has 1 N–H and O–H groups in total. The summed E-state index contributed by atoms with van der Waals surface area (Å²) in [7, 11) is 0. The number of aromatic nitrogens is 2. The number of unbranched alkanes of at least 4 members (excludes halogenated alkanes) is 1. The zero-order valence-electron chi connectivity index (χ0n) is 19.2. The van der Waals surface area contributed by atoms with Gasteiger partial charge in [-0.15, -0.1) is 0 Å². The molecule has 0 aliphatic heterocycles. The number of imidazole rings is 1. The Bertz CT molecular complexity index is 991. The molecule has 0 spiro atoms. The molecule has 0 radical (unpaired) electrons. The van der Waals surface area contributed by atoms with Crippen molar-refractivity contribution in [2.75, 3.05) is 6.61 Å². The van der Waals surface area contributed by atoms with E-state index in [9.17, 15) is 4.79 Å². The number of hydrogen-bond acceptors (Lipinski definition) is 3. The summed E-state index contributed by atoms with van der Waals surface area (Å²) in [5, 5.41) is 3.18. The average molecular weight is 422 g/mol. The number of nitrogens with zero attached hydrogens (tertiary/aromatic N) is 2. The van der Waals surface area contributed by atoms with E-state index >= 15 is 0 Å². The number of carbonyl (C=O) groups excluding carboxylic acids is 1. The van der Waals surface area contributed by atoms with Crippen LogP contribution in [0.2, 0.25) is 0 Å². The molecule has 1 heterocycles. The van der Waals surface area contributed by atoms with Gasteiger partial charge in [-0.1, -0.05) is 44.2 Å². The molecule has 5 heteroatoms. The summed E-state index contributed by atoms with van der Waals surface area (Å²) in [4.78, 5) is 17.5. The van der Waals surface area contributed by atoms with E-state index < -0.39 is 0 Å². The summed E-state index contributed by atoms with van der Waals surface area (Å²) in [5.41, 5.74) is 3.24. The van der Waals surface area contributed by atoms with Gasteiger partial charge < -0.3 is 14.6 Å². The van der Waals surface area contributed by atoms with Gasteiger partial charge in [0.1, 0.15) is 11.6 Å². The molecule has 0 bridgehead atoms. The third-order valence-electron chi connectivity index (χ3n) is 5.91. The maximum absolute atomic E-state index is 12.6. The zero-order valence-corrected chi connectivity index (χ0v) is 19.2. The average Bonchev–Trinajstić information content (AvgIpc) is 3.14. The Kier molecular flexibility index (Phi) is 8.10. The minimum atomic E-state index is -0.135. The molecule has 1 atom stereocenters. The van der Waals surface area contributed by atoms with E-state index in [1.807, 2.05) is 43.3 Å². The van der Waals surface area contributed by atoms with E-state index in [0.29, 0.717) is 6.61 Å². The van der Waals surface area contributed by atoms with E-state index in [-0.39, 0.29) is 17.9 Å². The lowest BCUT2D eigenvalue weighted by Gasteiger charge is -2.19. The van der Waals surface area contributed by atoms with Gasteiger partial charge in [0, 0.05) is 12.5 Å². The maximum atomic E-state index is 12.6. The number of hydrogen-bond donors (Lipinski definition) is 1. The van der Waals surface area contributed by atoms with Crippen LogP contribution in [-0.2, 0) is 11.3 Å². The van der Waals surface area contributed by atoms with Crippen LogP contribution in [-0.4, -0.2) is 22.1 Å². The van der Waals surface area contributed by atoms with Crippen LogP contribution >= 0.6 is 0 Å². The molecule has 1 unspecified atom stereocenters. The third-order valence-corrected chi connectivity index (χ3v) is 5.91. The standard InChI is InChI=1S/C26H35N3O2/c1-5-21(6-2)26(30)27-20(4)25-28-22-14-8-9-15-23(22)29(25)17-11-12-18-31-24-16-10-7-13-19(24)3/h7-10,13-16,20-21H,5-6,11-12,17-18H2,1-4H3,(H,27,30). The van der Waals surface area contributed by atoms with Crippen LogP contribution in [0.5, 0.6) is 5.75 Å². The van der Waals surface area contributed by atoms with Gasteiger partial charge in [0.05, 0.1) is 23.7 Å². The van der Waals surface area contributed by atoms with Crippen LogP contribution in [0.3, 0.4) is 0 Å². The molecule has 166 valence electrons. The number of amides is 1. The van der Waals surface area contributed by atoms with Crippen molar-refractivity contribution in [3.63, 3.8) is 0 Å². The fraction of sp³-hybridized carbons (Fsp3) is 0.462. The third kappa shape index (κ3) is 5.66. The van der Waals surface area contributed by atoms with Gasteiger partial charge in [-0.3, -0.25) is 4.79 Å². The van der Waals surface area contributed by atoms with Gasteiger partial charge in [0.15, 0.2) is 0 Å². The second kappa shape index (κ2) is 11.0. The Balaban J connectivity index is 1.66. The van der Waals surface area contributed by atoms with Crippen LogP contribution in [0.15, 0.2) is 48.5 Å². The predicted molar refractivity (Wildman–Crippen MR) is 126 cm³/mol. The second-order valence-electron chi connectivity index (χ2n) is 8.18. The van der Waals surface area contributed by atoms with E-state index in [4.69, 9.17) is 9.72 Å². The Hall–Kier alpha value is -2.82. The zero-order chi connectivity index (χ0) is 22.2. The topological polar surface area (TPSA) is 56.2 Å². The van der Waals surface area contributed by atoms with Gasteiger partial charge in [0.2, 0.25) is 5.91 Å². The molecule has 0 saturated carbocycles. The van der Waals surface area contributed by atoms with Crippen LogP contribution in [0.25, 0.3) is 11.0 Å². The van der Waals surface area contributed by atoms with Crippen molar-refractivity contribution in [1.82, 2.24) is 14.9 Å². The van der Waals surface area contributed by atoms with E-state index in [1.54, 1.807) is 0 Å². The van der Waals surface area contributed by atoms with Crippen molar-refractivity contribution in [3.8, 4) is 5.75 Å². The SMILES string of the molecule is CCC(CC)C(=O)NC(C)c1nc2ccccc2n1CCCCOc1ccccc1C.